The number of phenols is 1. The van der Waals surface area contributed by atoms with Gasteiger partial charge >= 0.3 is 12.9 Å². The Morgan fingerprint density at radius 1 is 0.885 bits per heavy atom. The number of hydrogen-bond donors (Lipinski definition) is 2. The minimum atomic E-state index is -0.783. The molecule has 0 aliphatic carbocycles. The van der Waals surface area contributed by atoms with Crippen LogP contribution in [0.3, 0.4) is 0 Å². The van der Waals surface area contributed by atoms with Crippen molar-refractivity contribution in [2.24, 2.45) is 5.73 Å². The first-order valence-corrected chi connectivity index (χ1v) is 8.47. The molecule has 130 valence electrons. The first kappa shape index (κ1) is 17.8. The second-order valence-electron chi connectivity index (χ2n) is 6.12. The van der Waals surface area contributed by atoms with E-state index in [9.17, 15) is 9.90 Å². The average Bonchev–Trinajstić information content (AvgIpc) is 2.69. The number of aromatic hydroxyl groups is 1. The minimum absolute atomic E-state index is 0.179. The summed E-state index contributed by atoms with van der Waals surface area (Å²) in [6.07, 6.45) is 0.343. The minimum Gasteiger partial charge on any atom is -0.525 e. The summed E-state index contributed by atoms with van der Waals surface area (Å²) in [6.45, 7) is -0.504. The number of rotatable bonds is 6. The molecule has 0 aliphatic heterocycles. The molecule has 0 spiro atoms. The fraction of sp³-hybridized carbons (Fsp3) is 0.0952. The summed E-state index contributed by atoms with van der Waals surface area (Å²) in [6, 6.07) is 25.1. The van der Waals surface area contributed by atoms with Gasteiger partial charge in [0.1, 0.15) is 11.8 Å². The molecule has 0 amide bonds. The smallest absolute Gasteiger partial charge is 0.429 e. The van der Waals surface area contributed by atoms with Gasteiger partial charge in [0.25, 0.3) is 0 Å². The first-order valence-electron chi connectivity index (χ1n) is 8.47. The van der Waals surface area contributed by atoms with Crippen LogP contribution in [0.2, 0.25) is 0 Å². The highest BCUT2D eigenvalue weighted by atomic mass is 16.5. The van der Waals surface area contributed by atoms with Crippen molar-refractivity contribution in [3.05, 3.63) is 90.5 Å². The lowest BCUT2D eigenvalue weighted by Gasteiger charge is -2.18. The number of hydrogen-bond acceptors (Lipinski definition) is 4. The fourth-order valence-electron chi connectivity index (χ4n) is 2.76. The molecule has 1 atom stereocenters. The summed E-state index contributed by atoms with van der Waals surface area (Å²) in [7, 11) is 0. The Kier molecular flexibility index (Phi) is 5.71. The van der Waals surface area contributed by atoms with Gasteiger partial charge in [-0.25, -0.2) is 0 Å². The Hall–Kier alpha value is -3.05. The van der Waals surface area contributed by atoms with E-state index >= 15 is 0 Å². The summed E-state index contributed by atoms with van der Waals surface area (Å²) < 4.78 is 5.77. The number of carbonyl (C=O) groups is 1. The molecule has 0 fully saturated rings. The zero-order chi connectivity index (χ0) is 18.4. The highest BCUT2D eigenvalue weighted by molar-refractivity contribution is 6.81. The summed E-state index contributed by atoms with van der Waals surface area (Å²) in [5.74, 6) is -0.283. The number of phenolic OH excluding ortho intramolecular Hbond substituents is 1. The summed E-state index contributed by atoms with van der Waals surface area (Å²) in [5, 5.41) is 9.35. The van der Waals surface area contributed by atoms with Gasteiger partial charge in [-0.3, -0.25) is 4.79 Å². The molecule has 0 saturated carbocycles. The maximum Gasteiger partial charge on any atom is 0.429 e. The van der Waals surface area contributed by atoms with Crippen LogP contribution >= 0.6 is 0 Å². The molecular weight excluding hydrogens is 325 g/mol. The van der Waals surface area contributed by atoms with Crippen molar-refractivity contribution in [3.8, 4) is 5.75 Å². The molecule has 3 aromatic rings. The van der Waals surface area contributed by atoms with Crippen molar-refractivity contribution in [3.63, 3.8) is 0 Å². The van der Waals surface area contributed by atoms with Crippen LogP contribution < -0.4 is 16.7 Å². The molecule has 0 radical (unpaired) electrons. The zero-order valence-electron chi connectivity index (χ0n) is 14.3. The Morgan fingerprint density at radius 2 is 1.38 bits per heavy atom. The lowest BCUT2D eigenvalue weighted by Crippen LogP contribution is -2.49. The molecule has 4 nitrogen and oxygen atoms in total. The van der Waals surface area contributed by atoms with Crippen molar-refractivity contribution in [1.82, 2.24) is 0 Å². The van der Waals surface area contributed by atoms with E-state index in [0.29, 0.717) is 6.42 Å². The maximum absolute atomic E-state index is 12.6. The van der Waals surface area contributed by atoms with Gasteiger partial charge < -0.3 is 15.5 Å². The van der Waals surface area contributed by atoms with Crippen molar-refractivity contribution < 1.29 is 14.6 Å². The Balaban J connectivity index is 1.75. The van der Waals surface area contributed by atoms with Crippen LogP contribution in [0.4, 0.5) is 0 Å². The molecule has 3 aromatic carbocycles. The lowest BCUT2D eigenvalue weighted by molar-refractivity contribution is -0.135. The Bertz CT molecular complexity index is 799. The molecule has 0 bridgehead atoms. The molecular formula is C21H20BNO3. The monoisotopic (exact) mass is 345 g/mol. The standard InChI is InChI=1S/C21H20BNO3/c23-20(15-16-11-13-19(24)14-12-16)21(25)26-22(17-7-3-1-4-8-17)18-9-5-2-6-10-18/h1-14,20,24H,15,23H2/t20-/m0/s1. The molecule has 3 N–H and O–H groups in total. The van der Waals surface area contributed by atoms with Gasteiger partial charge in [0.05, 0.1) is 0 Å². The van der Waals surface area contributed by atoms with E-state index < -0.39 is 18.9 Å². The third-order valence-corrected chi connectivity index (χ3v) is 4.13. The van der Waals surface area contributed by atoms with E-state index in [1.165, 1.54) is 0 Å². The van der Waals surface area contributed by atoms with Crippen LogP contribution in [0, 0.1) is 0 Å². The van der Waals surface area contributed by atoms with Gasteiger partial charge in [-0.05, 0) is 35.0 Å². The van der Waals surface area contributed by atoms with E-state index in [1.807, 2.05) is 60.7 Å². The second-order valence-corrected chi connectivity index (χ2v) is 6.12. The van der Waals surface area contributed by atoms with Crippen LogP contribution in [0.25, 0.3) is 0 Å². The summed E-state index contributed by atoms with van der Waals surface area (Å²) in [4.78, 5) is 12.6. The molecule has 0 aromatic heterocycles. The van der Waals surface area contributed by atoms with Crippen molar-refractivity contribution in [2.45, 2.75) is 12.5 Å². The summed E-state index contributed by atoms with van der Waals surface area (Å²) >= 11 is 0. The summed E-state index contributed by atoms with van der Waals surface area (Å²) in [5.41, 5.74) is 8.70. The van der Waals surface area contributed by atoms with Gasteiger partial charge in [-0.1, -0.05) is 72.8 Å². The third-order valence-electron chi connectivity index (χ3n) is 4.13. The molecule has 26 heavy (non-hydrogen) atoms. The average molecular weight is 345 g/mol. The van der Waals surface area contributed by atoms with Crippen molar-refractivity contribution >= 4 is 23.8 Å². The predicted octanol–water partition coefficient (Wildman–Crippen LogP) is 1.61. The van der Waals surface area contributed by atoms with Crippen LogP contribution in [0.15, 0.2) is 84.9 Å². The second kappa shape index (κ2) is 8.36. The Morgan fingerprint density at radius 3 is 1.88 bits per heavy atom. The van der Waals surface area contributed by atoms with Gasteiger partial charge in [0.2, 0.25) is 0 Å². The van der Waals surface area contributed by atoms with E-state index in [4.69, 9.17) is 10.4 Å². The van der Waals surface area contributed by atoms with Gasteiger partial charge in [0, 0.05) is 0 Å². The maximum atomic E-state index is 12.6. The predicted molar refractivity (Wildman–Crippen MR) is 104 cm³/mol. The molecule has 0 heterocycles. The van der Waals surface area contributed by atoms with Crippen LogP contribution in [-0.4, -0.2) is 24.0 Å². The Labute approximate surface area is 153 Å². The van der Waals surface area contributed by atoms with E-state index in [-0.39, 0.29) is 5.75 Å². The molecule has 5 heteroatoms. The normalized spacial score (nSPS) is 11.6. The fourth-order valence-corrected chi connectivity index (χ4v) is 2.76. The molecule has 3 rings (SSSR count). The first-order chi connectivity index (χ1) is 12.6. The van der Waals surface area contributed by atoms with Crippen molar-refractivity contribution in [1.29, 1.82) is 0 Å². The van der Waals surface area contributed by atoms with Crippen LogP contribution in [0.5, 0.6) is 5.75 Å². The number of nitrogens with two attached hydrogens (primary N) is 1. The van der Waals surface area contributed by atoms with Crippen LogP contribution in [0.1, 0.15) is 5.56 Å². The van der Waals surface area contributed by atoms with Gasteiger partial charge in [0.15, 0.2) is 0 Å². The largest absolute Gasteiger partial charge is 0.525 e. The number of benzene rings is 3. The third kappa shape index (κ3) is 4.52. The number of carbonyl (C=O) groups excluding carboxylic acids is 1. The van der Waals surface area contributed by atoms with E-state index in [1.54, 1.807) is 24.3 Å². The van der Waals surface area contributed by atoms with Crippen LogP contribution in [-0.2, 0) is 15.9 Å². The molecule has 0 saturated heterocycles. The quantitative estimate of drug-likeness (QED) is 0.666. The molecule has 0 unspecified atom stereocenters. The van der Waals surface area contributed by atoms with E-state index in [2.05, 4.69) is 0 Å². The van der Waals surface area contributed by atoms with E-state index in [0.717, 1.165) is 16.5 Å². The highest BCUT2D eigenvalue weighted by Crippen LogP contribution is 2.11. The topological polar surface area (TPSA) is 72.5 Å². The SMILES string of the molecule is N[C@@H](Cc1ccc(O)cc1)C(=O)OB(c1ccccc1)c1ccccc1. The zero-order valence-corrected chi connectivity index (χ0v) is 14.3. The van der Waals surface area contributed by atoms with Crippen molar-refractivity contribution in [2.75, 3.05) is 0 Å². The molecule has 0 aliphatic rings. The van der Waals surface area contributed by atoms with Gasteiger partial charge in [-0.15, -0.1) is 0 Å². The highest BCUT2D eigenvalue weighted by Gasteiger charge is 2.28. The van der Waals surface area contributed by atoms with Gasteiger partial charge in [-0.2, -0.15) is 0 Å². The lowest BCUT2D eigenvalue weighted by atomic mass is 9.55.